The van der Waals surface area contributed by atoms with E-state index in [1.165, 1.54) is 0 Å². The molecule has 3 heterocycles. The zero-order chi connectivity index (χ0) is 28.4. The minimum absolute atomic E-state index is 0.0418. The van der Waals surface area contributed by atoms with Crippen molar-refractivity contribution in [1.29, 1.82) is 0 Å². The first-order valence-corrected chi connectivity index (χ1v) is 14.0. The number of fused-ring (bicyclic) bond motifs is 1. The van der Waals surface area contributed by atoms with Crippen LogP contribution in [-0.2, 0) is 11.2 Å². The minimum atomic E-state index is -4.96. The van der Waals surface area contributed by atoms with Crippen LogP contribution >= 0.6 is 23.2 Å². The zero-order valence-electron chi connectivity index (χ0n) is 21.6. The van der Waals surface area contributed by atoms with E-state index in [2.05, 4.69) is 15.2 Å². The summed E-state index contributed by atoms with van der Waals surface area (Å²) in [5, 5.41) is 3.95. The highest BCUT2D eigenvalue weighted by Gasteiger charge is 2.43. The highest BCUT2D eigenvalue weighted by atomic mass is 35.5. The fraction of sp³-hybridized carbons (Fsp3) is 0.414. The van der Waals surface area contributed by atoms with Gasteiger partial charge in [-0.05, 0) is 80.1 Å². The topological polar surface area (TPSA) is 65.5 Å². The number of carbonyl (C=O) groups is 2. The lowest BCUT2D eigenvalue weighted by atomic mass is 9.84. The van der Waals surface area contributed by atoms with E-state index >= 15 is 0 Å². The van der Waals surface area contributed by atoms with Crippen molar-refractivity contribution >= 4 is 45.9 Å². The number of aromatic nitrogens is 1. The third-order valence-corrected chi connectivity index (χ3v) is 8.70. The predicted octanol–water partition coefficient (Wildman–Crippen LogP) is 5.76. The molecule has 0 unspecified atom stereocenters. The number of carbonyl (C=O) groups excluding carboxylic acids is 2. The number of benzene rings is 2. The first-order valence-electron chi connectivity index (χ1n) is 13.3. The van der Waals surface area contributed by atoms with Gasteiger partial charge in [-0.1, -0.05) is 35.3 Å². The summed E-state index contributed by atoms with van der Waals surface area (Å²) in [6, 6.07) is 13.9. The summed E-state index contributed by atoms with van der Waals surface area (Å²) in [7, 11) is 0. The summed E-state index contributed by atoms with van der Waals surface area (Å²) in [6.45, 7) is 2.11. The van der Waals surface area contributed by atoms with Crippen molar-refractivity contribution in [2.24, 2.45) is 5.92 Å². The van der Waals surface area contributed by atoms with E-state index in [4.69, 9.17) is 23.2 Å². The van der Waals surface area contributed by atoms with Crippen molar-refractivity contribution in [2.45, 2.75) is 43.9 Å². The molecule has 0 spiro atoms. The van der Waals surface area contributed by atoms with Crippen LogP contribution in [0.1, 0.15) is 35.2 Å². The Morgan fingerprint density at radius 2 is 1.75 bits per heavy atom. The molecule has 212 valence electrons. The SMILES string of the molecule is O=C(c1ccc2ncccc2c1)N1CCC(N2CC[C@H](Cc3ccc(Cl)c(Cl)c3)[C@H](NC(=O)C(F)(F)F)C2)CC1. The normalized spacial score (nSPS) is 21.0. The molecule has 1 N–H and O–H groups in total. The van der Waals surface area contributed by atoms with Crippen LogP contribution in [0.2, 0.25) is 10.0 Å². The maximum absolute atomic E-state index is 13.2. The lowest BCUT2D eigenvalue weighted by molar-refractivity contribution is -0.175. The molecule has 2 aliphatic heterocycles. The van der Waals surface area contributed by atoms with E-state index in [1.54, 1.807) is 24.4 Å². The van der Waals surface area contributed by atoms with Gasteiger partial charge in [0.15, 0.2) is 0 Å². The molecule has 2 aromatic carbocycles. The van der Waals surface area contributed by atoms with Gasteiger partial charge in [0.2, 0.25) is 0 Å². The van der Waals surface area contributed by atoms with E-state index in [9.17, 15) is 22.8 Å². The monoisotopic (exact) mass is 592 g/mol. The molecule has 2 atom stereocenters. The van der Waals surface area contributed by atoms with Crippen molar-refractivity contribution in [1.82, 2.24) is 20.1 Å². The predicted molar refractivity (Wildman–Crippen MR) is 149 cm³/mol. The van der Waals surface area contributed by atoms with E-state index in [-0.39, 0.29) is 17.9 Å². The number of pyridine rings is 1. The van der Waals surface area contributed by atoms with Gasteiger partial charge in [-0.25, -0.2) is 0 Å². The maximum atomic E-state index is 13.2. The van der Waals surface area contributed by atoms with Crippen LogP contribution in [0, 0.1) is 5.92 Å². The highest BCUT2D eigenvalue weighted by molar-refractivity contribution is 6.42. The number of likely N-dealkylation sites (tertiary alicyclic amines) is 2. The van der Waals surface area contributed by atoms with Crippen molar-refractivity contribution in [3.8, 4) is 0 Å². The van der Waals surface area contributed by atoms with Crippen molar-refractivity contribution in [3.05, 3.63) is 75.9 Å². The summed E-state index contributed by atoms with van der Waals surface area (Å²) in [5.41, 5.74) is 2.29. The fourth-order valence-corrected chi connectivity index (χ4v) is 6.13. The van der Waals surface area contributed by atoms with Gasteiger partial charge in [-0.15, -0.1) is 0 Å². The smallest absolute Gasteiger partial charge is 0.344 e. The van der Waals surface area contributed by atoms with Gasteiger partial charge in [0.05, 0.1) is 15.6 Å². The third-order valence-electron chi connectivity index (χ3n) is 7.96. The zero-order valence-corrected chi connectivity index (χ0v) is 23.1. The van der Waals surface area contributed by atoms with E-state index in [0.717, 1.165) is 16.5 Å². The Labute approximate surface area is 240 Å². The third kappa shape index (κ3) is 6.53. The molecular weight excluding hydrogens is 564 g/mol. The molecule has 5 rings (SSSR count). The Kier molecular flexibility index (Phi) is 8.54. The molecule has 40 heavy (non-hydrogen) atoms. The first kappa shape index (κ1) is 28.6. The summed E-state index contributed by atoms with van der Waals surface area (Å²) >= 11 is 12.2. The molecule has 6 nitrogen and oxygen atoms in total. The van der Waals surface area contributed by atoms with Gasteiger partial charge in [-0.3, -0.25) is 19.5 Å². The number of hydrogen-bond acceptors (Lipinski definition) is 4. The number of nitrogens with one attached hydrogen (secondary N) is 1. The Morgan fingerprint density at radius 1 is 0.975 bits per heavy atom. The second-order valence-corrected chi connectivity index (χ2v) is 11.3. The van der Waals surface area contributed by atoms with Crippen LogP contribution in [-0.4, -0.2) is 71.0 Å². The standard InChI is InChI=1S/C29H29Cl2F3N4O2/c30-23-5-3-18(15-24(23)31)14-20-7-11-38(17-26(20)36-28(40)29(32,33)34)22-8-12-37(13-9-22)27(39)21-4-6-25-19(16-21)2-1-10-35-25/h1-6,10,15-16,20,22,26H,7-9,11-14,17H2,(H,36,40)/t20-,26-/m1/s1. The molecule has 0 saturated carbocycles. The van der Waals surface area contributed by atoms with Crippen LogP contribution < -0.4 is 5.32 Å². The van der Waals surface area contributed by atoms with Gasteiger partial charge in [0, 0.05) is 48.9 Å². The Bertz CT molecular complexity index is 1400. The van der Waals surface area contributed by atoms with Crippen molar-refractivity contribution in [3.63, 3.8) is 0 Å². The molecule has 2 fully saturated rings. The Morgan fingerprint density at radius 3 is 2.48 bits per heavy atom. The van der Waals surface area contributed by atoms with Gasteiger partial charge >= 0.3 is 12.1 Å². The van der Waals surface area contributed by atoms with Crippen LogP contribution in [0.4, 0.5) is 13.2 Å². The quantitative estimate of drug-likeness (QED) is 0.409. The number of halogens is 5. The van der Waals surface area contributed by atoms with E-state index < -0.39 is 18.1 Å². The van der Waals surface area contributed by atoms with E-state index in [0.29, 0.717) is 67.5 Å². The average Bonchev–Trinajstić information content (AvgIpc) is 2.95. The van der Waals surface area contributed by atoms with Gasteiger partial charge in [0.25, 0.3) is 5.91 Å². The number of hydrogen-bond donors (Lipinski definition) is 1. The van der Waals surface area contributed by atoms with Crippen LogP contribution in [0.15, 0.2) is 54.7 Å². The Balaban J connectivity index is 1.23. The molecule has 0 aliphatic carbocycles. The summed E-state index contributed by atoms with van der Waals surface area (Å²) in [4.78, 5) is 33.4. The van der Waals surface area contributed by atoms with Gasteiger partial charge in [-0.2, -0.15) is 13.2 Å². The number of amides is 2. The van der Waals surface area contributed by atoms with Crippen molar-refractivity contribution < 1.29 is 22.8 Å². The number of piperidine rings is 2. The average molecular weight is 593 g/mol. The number of rotatable bonds is 5. The lowest BCUT2D eigenvalue weighted by Crippen LogP contribution is -2.58. The van der Waals surface area contributed by atoms with Gasteiger partial charge in [0.1, 0.15) is 0 Å². The second-order valence-electron chi connectivity index (χ2n) is 10.5. The summed E-state index contributed by atoms with van der Waals surface area (Å²) < 4.78 is 39.5. The van der Waals surface area contributed by atoms with Crippen LogP contribution in [0.25, 0.3) is 10.9 Å². The summed E-state index contributed by atoms with van der Waals surface area (Å²) in [6.07, 6.45) is -0.740. The fourth-order valence-electron chi connectivity index (χ4n) is 5.81. The maximum Gasteiger partial charge on any atom is 0.471 e. The number of nitrogens with zero attached hydrogens (tertiary/aromatic N) is 3. The molecule has 3 aromatic rings. The molecule has 2 saturated heterocycles. The number of alkyl halides is 3. The molecule has 0 bridgehead atoms. The van der Waals surface area contributed by atoms with Crippen molar-refractivity contribution in [2.75, 3.05) is 26.2 Å². The largest absolute Gasteiger partial charge is 0.471 e. The second kappa shape index (κ2) is 11.9. The van der Waals surface area contributed by atoms with Crippen LogP contribution in [0.3, 0.4) is 0 Å². The molecule has 2 aliphatic rings. The van der Waals surface area contributed by atoms with Gasteiger partial charge < -0.3 is 10.2 Å². The molecule has 0 radical (unpaired) electrons. The Hall–Kier alpha value is -2.88. The molecular formula is C29H29Cl2F3N4O2. The first-order chi connectivity index (χ1) is 19.1. The summed E-state index contributed by atoms with van der Waals surface area (Å²) in [5.74, 6) is -2.16. The molecule has 2 amide bonds. The highest BCUT2D eigenvalue weighted by Crippen LogP contribution is 2.30. The molecule has 11 heteroatoms. The van der Waals surface area contributed by atoms with Crippen LogP contribution in [0.5, 0.6) is 0 Å². The lowest BCUT2D eigenvalue weighted by Gasteiger charge is -2.45. The minimum Gasteiger partial charge on any atom is -0.344 e. The molecule has 1 aromatic heterocycles. The van der Waals surface area contributed by atoms with E-state index in [1.807, 2.05) is 35.2 Å².